The number of para-hydroxylation sites is 1. The lowest BCUT2D eigenvalue weighted by atomic mass is 10.2. The Morgan fingerprint density at radius 3 is 2.65 bits per heavy atom. The van der Waals surface area contributed by atoms with E-state index in [1.54, 1.807) is 18.4 Å². The number of hydrogen-bond donors (Lipinski definition) is 0. The normalized spacial score (nSPS) is 11.0. The van der Waals surface area contributed by atoms with Gasteiger partial charge in [-0.25, -0.2) is 9.97 Å². The lowest BCUT2D eigenvalue weighted by molar-refractivity contribution is 0.416. The summed E-state index contributed by atoms with van der Waals surface area (Å²) in [6, 6.07) is 7.68. The molecule has 0 amide bonds. The Hall–Kier alpha value is -1.65. The fourth-order valence-electron chi connectivity index (χ4n) is 2.15. The molecule has 2 aromatic heterocycles. The molecule has 0 saturated carbocycles. The zero-order valence-electron chi connectivity index (χ0n) is 11.4. The molecule has 0 fully saturated rings. The fourth-order valence-corrected chi connectivity index (χ4v) is 3.55. The molecule has 0 aliphatic heterocycles. The number of ether oxygens (including phenoxy) is 1. The van der Waals surface area contributed by atoms with E-state index in [2.05, 4.69) is 16.9 Å². The summed E-state index contributed by atoms with van der Waals surface area (Å²) in [4.78, 5) is 11.2. The number of thiophene rings is 1. The summed E-state index contributed by atoms with van der Waals surface area (Å²) in [6.45, 7) is 4.12. The Balaban J connectivity index is 2.28. The Labute approximate surface area is 126 Å². The molecule has 0 atom stereocenters. The third-order valence-electron chi connectivity index (χ3n) is 3.33. The van der Waals surface area contributed by atoms with Crippen molar-refractivity contribution in [1.82, 2.24) is 9.97 Å². The molecule has 0 saturated heterocycles. The zero-order chi connectivity index (χ0) is 14.3. The van der Waals surface area contributed by atoms with Gasteiger partial charge in [0.1, 0.15) is 15.7 Å². The fraction of sp³-hybridized carbons (Fsp3) is 0.200. The van der Waals surface area contributed by atoms with Crippen LogP contribution in [0.3, 0.4) is 0 Å². The quantitative estimate of drug-likeness (QED) is 0.647. The number of fused-ring (bicyclic) bond motifs is 1. The third-order valence-corrected chi connectivity index (χ3v) is 4.71. The molecule has 3 rings (SSSR count). The minimum absolute atomic E-state index is 0.498. The Kier molecular flexibility index (Phi) is 3.36. The van der Waals surface area contributed by atoms with Crippen LogP contribution in [0.1, 0.15) is 10.4 Å². The van der Waals surface area contributed by atoms with Crippen molar-refractivity contribution in [2.45, 2.75) is 13.8 Å². The molecule has 3 nitrogen and oxygen atoms in total. The second kappa shape index (κ2) is 5.04. The average molecular weight is 305 g/mol. The van der Waals surface area contributed by atoms with Crippen molar-refractivity contribution >= 4 is 33.2 Å². The Bertz CT molecular complexity index is 798. The van der Waals surface area contributed by atoms with Gasteiger partial charge in [-0.15, -0.1) is 11.3 Å². The average Bonchev–Trinajstić information content (AvgIpc) is 2.74. The van der Waals surface area contributed by atoms with Gasteiger partial charge in [0, 0.05) is 4.88 Å². The number of benzene rings is 1. The summed E-state index contributed by atoms with van der Waals surface area (Å²) in [5.41, 5.74) is 2.00. The highest BCUT2D eigenvalue weighted by molar-refractivity contribution is 7.18. The van der Waals surface area contributed by atoms with E-state index in [1.165, 1.54) is 4.88 Å². The molecule has 2 heterocycles. The number of halogens is 1. The molecule has 1 aromatic carbocycles. The van der Waals surface area contributed by atoms with E-state index in [9.17, 15) is 0 Å². The maximum absolute atomic E-state index is 6.34. The van der Waals surface area contributed by atoms with Crippen molar-refractivity contribution in [2.24, 2.45) is 0 Å². The van der Waals surface area contributed by atoms with Gasteiger partial charge in [0.05, 0.1) is 18.1 Å². The standard InChI is InChI=1S/C15H13ClN2OS/c1-8-9(2)20-15-12(8)13(16)17-14(18-15)10-6-4-5-7-11(10)19-3/h4-7H,1-3H3. The molecule has 0 radical (unpaired) electrons. The molecule has 0 aliphatic carbocycles. The summed E-state index contributed by atoms with van der Waals surface area (Å²) in [5.74, 6) is 1.34. The molecule has 0 spiro atoms. The first-order chi connectivity index (χ1) is 9.61. The largest absolute Gasteiger partial charge is 0.496 e. The van der Waals surface area contributed by atoms with Crippen LogP contribution in [0.4, 0.5) is 0 Å². The summed E-state index contributed by atoms with van der Waals surface area (Å²) in [6.07, 6.45) is 0. The van der Waals surface area contributed by atoms with E-state index in [4.69, 9.17) is 16.3 Å². The summed E-state index contributed by atoms with van der Waals surface area (Å²) >= 11 is 7.98. The molecule has 0 bridgehead atoms. The minimum atomic E-state index is 0.498. The van der Waals surface area contributed by atoms with Gasteiger partial charge in [-0.1, -0.05) is 23.7 Å². The SMILES string of the molecule is COc1ccccc1-c1nc(Cl)c2c(C)c(C)sc2n1. The predicted molar refractivity (Wildman–Crippen MR) is 83.9 cm³/mol. The van der Waals surface area contributed by atoms with Gasteiger partial charge in [0.25, 0.3) is 0 Å². The van der Waals surface area contributed by atoms with Gasteiger partial charge in [0.15, 0.2) is 5.82 Å². The predicted octanol–water partition coefficient (Wildman–Crippen LogP) is 4.64. The number of methoxy groups -OCH3 is 1. The van der Waals surface area contributed by atoms with Crippen molar-refractivity contribution in [1.29, 1.82) is 0 Å². The van der Waals surface area contributed by atoms with E-state index in [0.29, 0.717) is 11.0 Å². The molecule has 0 N–H and O–H groups in total. The van der Waals surface area contributed by atoms with Crippen LogP contribution in [0.5, 0.6) is 5.75 Å². The van der Waals surface area contributed by atoms with Crippen LogP contribution in [0.2, 0.25) is 5.15 Å². The van der Waals surface area contributed by atoms with Gasteiger partial charge in [-0.05, 0) is 31.5 Å². The van der Waals surface area contributed by atoms with Gasteiger partial charge in [-0.2, -0.15) is 0 Å². The smallest absolute Gasteiger partial charge is 0.166 e. The van der Waals surface area contributed by atoms with Crippen LogP contribution in [0, 0.1) is 13.8 Å². The zero-order valence-corrected chi connectivity index (χ0v) is 13.0. The maximum Gasteiger partial charge on any atom is 0.166 e. The van der Waals surface area contributed by atoms with Crippen LogP contribution < -0.4 is 4.74 Å². The third kappa shape index (κ3) is 2.05. The highest BCUT2D eigenvalue weighted by Gasteiger charge is 2.15. The number of hydrogen-bond acceptors (Lipinski definition) is 4. The van der Waals surface area contributed by atoms with E-state index in [0.717, 1.165) is 27.1 Å². The molecular formula is C15H13ClN2OS. The Morgan fingerprint density at radius 2 is 1.90 bits per heavy atom. The van der Waals surface area contributed by atoms with Gasteiger partial charge in [0.2, 0.25) is 0 Å². The van der Waals surface area contributed by atoms with Crippen LogP contribution in [-0.2, 0) is 0 Å². The van der Waals surface area contributed by atoms with Crippen molar-refractivity contribution in [3.8, 4) is 17.1 Å². The van der Waals surface area contributed by atoms with Gasteiger partial charge >= 0.3 is 0 Å². The highest BCUT2D eigenvalue weighted by atomic mass is 35.5. The first-order valence-electron chi connectivity index (χ1n) is 6.18. The van der Waals surface area contributed by atoms with Crippen molar-refractivity contribution in [3.05, 3.63) is 39.9 Å². The van der Waals surface area contributed by atoms with E-state index < -0.39 is 0 Å². The van der Waals surface area contributed by atoms with Crippen LogP contribution in [-0.4, -0.2) is 17.1 Å². The molecule has 0 aliphatic rings. The van der Waals surface area contributed by atoms with Gasteiger partial charge in [-0.3, -0.25) is 0 Å². The molecule has 3 aromatic rings. The summed E-state index contributed by atoms with van der Waals surface area (Å²) in [7, 11) is 1.64. The second-order valence-electron chi connectivity index (χ2n) is 4.50. The monoisotopic (exact) mass is 304 g/mol. The topological polar surface area (TPSA) is 35.0 Å². The lowest BCUT2D eigenvalue weighted by Gasteiger charge is -2.07. The van der Waals surface area contributed by atoms with Crippen molar-refractivity contribution < 1.29 is 4.74 Å². The first-order valence-corrected chi connectivity index (χ1v) is 7.38. The number of rotatable bonds is 2. The second-order valence-corrected chi connectivity index (χ2v) is 6.06. The lowest BCUT2D eigenvalue weighted by Crippen LogP contribution is -1.93. The number of aryl methyl sites for hydroxylation is 2. The van der Waals surface area contributed by atoms with E-state index in [1.807, 2.05) is 31.2 Å². The first kappa shape index (κ1) is 13.3. The van der Waals surface area contributed by atoms with E-state index >= 15 is 0 Å². The molecule has 5 heteroatoms. The van der Waals surface area contributed by atoms with Gasteiger partial charge < -0.3 is 4.74 Å². The summed E-state index contributed by atoms with van der Waals surface area (Å²) < 4.78 is 5.36. The number of nitrogens with zero attached hydrogens (tertiary/aromatic N) is 2. The molecule has 0 unspecified atom stereocenters. The number of aromatic nitrogens is 2. The maximum atomic E-state index is 6.34. The van der Waals surface area contributed by atoms with Crippen LogP contribution in [0.15, 0.2) is 24.3 Å². The Morgan fingerprint density at radius 1 is 1.15 bits per heavy atom. The van der Waals surface area contributed by atoms with E-state index in [-0.39, 0.29) is 0 Å². The van der Waals surface area contributed by atoms with Crippen molar-refractivity contribution in [2.75, 3.05) is 7.11 Å². The van der Waals surface area contributed by atoms with Crippen molar-refractivity contribution in [3.63, 3.8) is 0 Å². The van der Waals surface area contributed by atoms with Crippen LogP contribution in [0.25, 0.3) is 21.6 Å². The molecule has 20 heavy (non-hydrogen) atoms. The molecular weight excluding hydrogens is 292 g/mol. The minimum Gasteiger partial charge on any atom is -0.496 e. The summed E-state index contributed by atoms with van der Waals surface area (Å²) in [5, 5.41) is 1.45. The molecule has 102 valence electrons. The highest BCUT2D eigenvalue weighted by Crippen LogP contribution is 2.36. The van der Waals surface area contributed by atoms with Crippen LogP contribution >= 0.6 is 22.9 Å².